The predicted molar refractivity (Wildman–Crippen MR) is 41.6 cm³/mol. The summed E-state index contributed by atoms with van der Waals surface area (Å²) in [5, 5.41) is 0. The molecule has 44 valence electrons. The van der Waals surface area contributed by atoms with E-state index in [1.54, 1.807) is 0 Å². The Morgan fingerprint density at radius 1 is 0.500 bits per heavy atom. The quantitative estimate of drug-likeness (QED) is 0.343. The van der Waals surface area contributed by atoms with Crippen molar-refractivity contribution in [1.82, 2.24) is 0 Å². The summed E-state index contributed by atoms with van der Waals surface area (Å²) in [6, 6.07) is 0. The standard InChI is InChI=1S/2Al.2ClH.2H2O.6H/h;;2*1H;2*1H2;;;;;;. The predicted octanol–water partition coefficient (Wildman–Crippen LogP) is -3.17. The first-order valence-electron chi connectivity index (χ1n) is 0. The topological polar surface area (TPSA) is 63.0 Å². The van der Waals surface area contributed by atoms with Gasteiger partial charge in [0.2, 0.25) is 0 Å². The molecule has 0 aliphatic rings. The average molecular weight is 169 g/mol. The van der Waals surface area contributed by atoms with Gasteiger partial charge in [-0.25, -0.2) is 0 Å². The van der Waals surface area contributed by atoms with Crippen LogP contribution in [0.3, 0.4) is 0 Å². The molecule has 0 amide bonds. The Kier molecular flexibility index (Phi) is 1840. The second-order valence-corrected chi connectivity index (χ2v) is 0. The Morgan fingerprint density at radius 3 is 0.500 bits per heavy atom. The largest absolute Gasteiger partial charge is 0.412 e. The summed E-state index contributed by atoms with van der Waals surface area (Å²) in [7, 11) is 0. The third kappa shape index (κ3) is 47.4. The van der Waals surface area contributed by atoms with E-state index < -0.39 is 0 Å². The molecular weight excluding hydrogens is 157 g/mol. The number of rotatable bonds is 0. The summed E-state index contributed by atoms with van der Waals surface area (Å²) in [5.74, 6) is 0. The van der Waals surface area contributed by atoms with Gasteiger partial charge in [-0.2, -0.15) is 0 Å². The van der Waals surface area contributed by atoms with Gasteiger partial charge in [-0.3, -0.25) is 0 Å². The number of halogens is 2. The van der Waals surface area contributed by atoms with E-state index in [2.05, 4.69) is 0 Å². The van der Waals surface area contributed by atoms with Gasteiger partial charge in [-0.05, 0) is 0 Å². The van der Waals surface area contributed by atoms with E-state index in [-0.39, 0.29) is 70.5 Å². The highest BCUT2D eigenvalue weighted by Gasteiger charge is 0.188. The van der Waals surface area contributed by atoms with Gasteiger partial charge in [0.1, 0.15) is 0 Å². The van der Waals surface area contributed by atoms with Crippen molar-refractivity contribution < 1.29 is 11.0 Å². The minimum absolute atomic E-state index is 0. The van der Waals surface area contributed by atoms with Crippen LogP contribution in [0.15, 0.2) is 0 Å². The van der Waals surface area contributed by atoms with E-state index in [4.69, 9.17) is 0 Å². The fourth-order valence-electron chi connectivity index (χ4n) is 0. The summed E-state index contributed by atoms with van der Waals surface area (Å²) in [4.78, 5) is 0. The highest BCUT2D eigenvalue weighted by molar-refractivity contribution is 5.85. The molecular formula is H12Al2Cl2O2. The molecule has 0 aliphatic heterocycles. The minimum atomic E-state index is 0. The first-order chi connectivity index (χ1) is 0. The van der Waals surface area contributed by atoms with Gasteiger partial charge < -0.3 is 11.0 Å². The molecule has 0 fully saturated rings. The summed E-state index contributed by atoms with van der Waals surface area (Å²) < 4.78 is 0. The molecule has 0 aromatic heterocycles. The van der Waals surface area contributed by atoms with Gasteiger partial charge in [-0.15, -0.1) is 24.8 Å². The summed E-state index contributed by atoms with van der Waals surface area (Å²) in [6.07, 6.45) is 0. The molecule has 0 aromatic rings. The highest BCUT2D eigenvalue weighted by atomic mass is 35.5. The van der Waals surface area contributed by atoms with E-state index in [9.17, 15) is 0 Å². The van der Waals surface area contributed by atoms with Gasteiger partial charge in [0.05, 0.1) is 0 Å². The molecule has 0 heterocycles. The SMILES string of the molecule is Cl.Cl.O.O.[AlH3].[AlH3]. The van der Waals surface area contributed by atoms with Gasteiger partial charge in [0.15, 0.2) is 34.7 Å². The van der Waals surface area contributed by atoms with Crippen molar-refractivity contribution >= 4 is 59.5 Å². The van der Waals surface area contributed by atoms with Crippen molar-refractivity contribution in [3.05, 3.63) is 0 Å². The Bertz CT molecular complexity index is 9.51. The van der Waals surface area contributed by atoms with Crippen LogP contribution in [0.4, 0.5) is 0 Å². The lowest BCUT2D eigenvalue weighted by atomic mass is 16.0. The van der Waals surface area contributed by atoms with Crippen LogP contribution in [0.25, 0.3) is 0 Å². The zero-order valence-electron chi connectivity index (χ0n) is 1.82. The molecule has 0 saturated carbocycles. The maximum absolute atomic E-state index is 0. The van der Waals surface area contributed by atoms with Crippen molar-refractivity contribution in [2.24, 2.45) is 0 Å². The third-order valence-corrected chi connectivity index (χ3v) is 0. The molecule has 6 heteroatoms. The Balaban J connectivity index is 0. The minimum Gasteiger partial charge on any atom is -0.412 e. The van der Waals surface area contributed by atoms with Crippen molar-refractivity contribution in [3.63, 3.8) is 0 Å². The molecule has 0 saturated heterocycles. The Hall–Kier alpha value is 1.56. The molecule has 0 radical (unpaired) electrons. The molecule has 0 spiro atoms. The maximum Gasteiger partial charge on any atom is 0.187 e. The molecule has 0 aromatic carbocycles. The second kappa shape index (κ2) is 83.0. The molecule has 4 N–H and O–H groups in total. The third-order valence-electron chi connectivity index (χ3n) is 0. The van der Waals surface area contributed by atoms with Crippen LogP contribution in [0, 0.1) is 0 Å². The van der Waals surface area contributed by atoms with Crippen LogP contribution >= 0.6 is 24.8 Å². The Morgan fingerprint density at radius 2 is 0.500 bits per heavy atom. The smallest absolute Gasteiger partial charge is 0.187 e. The lowest BCUT2D eigenvalue weighted by Crippen LogP contribution is -0.382. The monoisotopic (exact) mass is 168 g/mol. The number of hydrogen-bond donors (Lipinski definition) is 0. The van der Waals surface area contributed by atoms with E-state index >= 15 is 0 Å². The van der Waals surface area contributed by atoms with Gasteiger partial charge in [0, 0.05) is 0 Å². The second-order valence-electron chi connectivity index (χ2n) is 0. The molecule has 0 unspecified atom stereocenters. The molecule has 2 nitrogen and oxygen atoms in total. The summed E-state index contributed by atoms with van der Waals surface area (Å²) >= 11 is 0. The normalized spacial score (nSPS) is 0. The molecule has 0 rings (SSSR count). The molecule has 0 bridgehead atoms. The van der Waals surface area contributed by atoms with Gasteiger partial charge in [0.25, 0.3) is 0 Å². The van der Waals surface area contributed by atoms with Crippen molar-refractivity contribution in [1.29, 1.82) is 0 Å². The summed E-state index contributed by atoms with van der Waals surface area (Å²) in [6.45, 7) is 0. The van der Waals surface area contributed by atoms with Crippen LogP contribution in [0.5, 0.6) is 0 Å². The van der Waals surface area contributed by atoms with Crippen molar-refractivity contribution in [3.8, 4) is 0 Å². The maximum atomic E-state index is 0. The van der Waals surface area contributed by atoms with E-state index in [1.807, 2.05) is 0 Å². The first kappa shape index (κ1) is 133. The lowest BCUT2D eigenvalue weighted by molar-refractivity contribution is 0.823. The van der Waals surface area contributed by atoms with E-state index in [0.717, 1.165) is 0 Å². The van der Waals surface area contributed by atoms with Crippen LogP contribution < -0.4 is 0 Å². The average Bonchev–Trinajstić information content (AvgIpc) is 0. The Labute approximate surface area is 70.4 Å². The molecule has 0 atom stereocenters. The van der Waals surface area contributed by atoms with Crippen LogP contribution in [0.1, 0.15) is 0 Å². The highest BCUT2D eigenvalue weighted by Crippen LogP contribution is 0.691. The van der Waals surface area contributed by atoms with Crippen molar-refractivity contribution in [2.45, 2.75) is 0 Å². The summed E-state index contributed by atoms with van der Waals surface area (Å²) in [5.41, 5.74) is 0. The van der Waals surface area contributed by atoms with E-state index in [1.165, 1.54) is 0 Å². The van der Waals surface area contributed by atoms with E-state index in [0.29, 0.717) is 0 Å². The van der Waals surface area contributed by atoms with Gasteiger partial charge in [-0.1, -0.05) is 0 Å². The van der Waals surface area contributed by atoms with Crippen LogP contribution in [-0.4, -0.2) is 45.7 Å². The van der Waals surface area contributed by atoms with Crippen LogP contribution in [-0.2, 0) is 0 Å². The van der Waals surface area contributed by atoms with Crippen LogP contribution in [0.2, 0.25) is 0 Å². The van der Waals surface area contributed by atoms with Crippen molar-refractivity contribution in [2.75, 3.05) is 0 Å². The first-order valence-corrected chi connectivity index (χ1v) is 0. The fourth-order valence-corrected chi connectivity index (χ4v) is 0. The van der Waals surface area contributed by atoms with Gasteiger partial charge >= 0.3 is 0 Å². The molecule has 0 aliphatic carbocycles. The zero-order chi connectivity index (χ0) is 0. The number of hydrogen-bond acceptors (Lipinski definition) is 0. The fraction of sp³-hybridized carbons (Fsp3) is 0. The molecule has 6 heavy (non-hydrogen) atoms. The lowest BCUT2D eigenvalue weighted by Gasteiger charge is -0.413. The zero-order valence-corrected chi connectivity index (χ0v) is 3.45.